The van der Waals surface area contributed by atoms with Gasteiger partial charge in [0.2, 0.25) is 0 Å². The number of nitrogens with zero attached hydrogens (tertiary/aromatic N) is 1. The maximum atomic E-state index is 7.12. The van der Waals surface area contributed by atoms with Gasteiger partial charge in [0.05, 0.1) is 13.2 Å². The van der Waals surface area contributed by atoms with Gasteiger partial charge >= 0.3 is 0 Å². The molecule has 0 aliphatic heterocycles. The molecule has 44 heavy (non-hydrogen) atoms. The minimum absolute atomic E-state index is 0.0502. The smallest absolute Gasteiger partial charge is 0.283 e. The number of methoxy groups -OCH3 is 1. The summed E-state index contributed by atoms with van der Waals surface area (Å²) in [5.41, 5.74) is 4.60. The van der Waals surface area contributed by atoms with Gasteiger partial charge in [-0.3, -0.25) is 0 Å². The average molecular weight is 605 g/mol. The highest BCUT2D eigenvalue weighted by Gasteiger charge is 2.32. The quantitative estimate of drug-likeness (QED) is 0.0997. The van der Waals surface area contributed by atoms with Gasteiger partial charge in [-0.05, 0) is 51.9 Å². The zero-order valence-corrected chi connectivity index (χ0v) is 28.6. The second-order valence-electron chi connectivity index (χ2n) is 12.5. The molecule has 0 spiro atoms. The highest BCUT2D eigenvalue weighted by atomic mass is 28.3. The van der Waals surface area contributed by atoms with Crippen LogP contribution < -0.4 is 20.0 Å². The van der Waals surface area contributed by atoms with Crippen molar-refractivity contribution in [2.45, 2.75) is 66.4 Å². The lowest BCUT2D eigenvalue weighted by Gasteiger charge is -2.34. The van der Waals surface area contributed by atoms with E-state index in [4.69, 9.17) is 9.16 Å². The number of ether oxygens (including phenoxy) is 1. The van der Waals surface area contributed by atoms with Crippen LogP contribution in [0.5, 0.6) is 5.75 Å². The molecule has 4 heteroatoms. The van der Waals surface area contributed by atoms with Crippen LogP contribution >= 0.6 is 0 Å². The normalized spacial score (nSPS) is 12.5. The lowest BCUT2D eigenvalue weighted by atomic mass is 9.84. The van der Waals surface area contributed by atoms with Gasteiger partial charge in [-0.25, -0.2) is 0 Å². The molecule has 231 valence electrons. The SMILES string of the molecule is CCCCN(CCCC)c1ccc(C=Cc2ccc(C(O[Si](c3ccccc3)c3ccccc3)C(C)(C)C)cc2)c(OC)c1. The molecule has 4 aromatic rings. The summed E-state index contributed by atoms with van der Waals surface area (Å²) in [4.78, 5) is 2.50. The van der Waals surface area contributed by atoms with Crippen LogP contribution in [0.4, 0.5) is 5.69 Å². The molecular weight excluding hydrogens is 555 g/mol. The number of unbranched alkanes of at least 4 members (excludes halogenated alkanes) is 2. The Morgan fingerprint density at radius 3 is 1.80 bits per heavy atom. The molecule has 1 atom stereocenters. The minimum atomic E-state index is -1.44. The van der Waals surface area contributed by atoms with E-state index < -0.39 is 9.04 Å². The lowest BCUT2D eigenvalue weighted by molar-refractivity contribution is 0.0897. The fourth-order valence-electron chi connectivity index (χ4n) is 5.41. The van der Waals surface area contributed by atoms with Crippen LogP contribution in [0.1, 0.15) is 83.1 Å². The molecule has 0 N–H and O–H groups in total. The first-order valence-corrected chi connectivity index (χ1v) is 17.6. The van der Waals surface area contributed by atoms with E-state index in [-0.39, 0.29) is 11.5 Å². The van der Waals surface area contributed by atoms with Crippen molar-refractivity contribution in [2.75, 3.05) is 25.1 Å². The standard InChI is InChI=1S/C40H50NO2Si/c1-7-9-29-41(30-10-8-2)35-28-27-33(38(31-35)42-6)24-21-32-22-25-34(26-23-32)39(40(3,4)5)43-44(36-17-13-11-14-18-36)37-19-15-12-16-20-37/h11-28,31,39H,7-10,29-30H2,1-6H3. The van der Waals surface area contributed by atoms with E-state index in [9.17, 15) is 0 Å². The minimum Gasteiger partial charge on any atom is -0.496 e. The summed E-state index contributed by atoms with van der Waals surface area (Å²) >= 11 is 0. The molecule has 0 fully saturated rings. The third-order valence-corrected chi connectivity index (χ3v) is 10.1. The summed E-state index contributed by atoms with van der Waals surface area (Å²) < 4.78 is 13.0. The Hall–Kier alpha value is -3.60. The van der Waals surface area contributed by atoms with Crippen molar-refractivity contribution in [2.24, 2.45) is 5.41 Å². The highest BCUT2D eigenvalue weighted by molar-refractivity contribution is 6.80. The van der Waals surface area contributed by atoms with E-state index >= 15 is 0 Å². The van der Waals surface area contributed by atoms with Crippen molar-refractivity contribution in [3.63, 3.8) is 0 Å². The molecule has 4 rings (SSSR count). The second kappa shape index (κ2) is 16.5. The molecule has 0 aliphatic carbocycles. The molecular formula is C40H50NO2Si. The van der Waals surface area contributed by atoms with Crippen LogP contribution in [0.3, 0.4) is 0 Å². The van der Waals surface area contributed by atoms with Crippen LogP contribution in [0, 0.1) is 5.41 Å². The van der Waals surface area contributed by atoms with Gasteiger partial charge in [-0.15, -0.1) is 0 Å². The van der Waals surface area contributed by atoms with Gasteiger partial charge in [-0.1, -0.05) is 145 Å². The van der Waals surface area contributed by atoms with Crippen LogP contribution in [0.25, 0.3) is 12.2 Å². The first-order valence-electron chi connectivity index (χ1n) is 16.2. The summed E-state index contributed by atoms with van der Waals surface area (Å²) in [5.74, 6) is 0.908. The molecule has 0 aliphatic rings. The Balaban J connectivity index is 1.55. The molecule has 0 saturated heterocycles. The van der Waals surface area contributed by atoms with Crippen molar-refractivity contribution in [3.8, 4) is 5.75 Å². The molecule has 1 unspecified atom stereocenters. The Labute approximate surface area is 268 Å². The topological polar surface area (TPSA) is 21.7 Å². The lowest BCUT2D eigenvalue weighted by Crippen LogP contribution is -2.47. The monoisotopic (exact) mass is 604 g/mol. The third kappa shape index (κ3) is 9.20. The summed E-state index contributed by atoms with van der Waals surface area (Å²) in [6.07, 6.45) is 9.07. The zero-order valence-electron chi connectivity index (χ0n) is 27.6. The number of hydrogen-bond acceptors (Lipinski definition) is 3. The Morgan fingerprint density at radius 2 is 1.30 bits per heavy atom. The predicted molar refractivity (Wildman–Crippen MR) is 192 cm³/mol. The van der Waals surface area contributed by atoms with Crippen molar-refractivity contribution in [1.29, 1.82) is 0 Å². The van der Waals surface area contributed by atoms with Crippen LogP contribution in [-0.2, 0) is 4.43 Å². The highest BCUT2D eigenvalue weighted by Crippen LogP contribution is 2.37. The van der Waals surface area contributed by atoms with Gasteiger partial charge in [0.1, 0.15) is 5.75 Å². The first-order chi connectivity index (χ1) is 21.3. The Kier molecular flexibility index (Phi) is 12.5. The predicted octanol–water partition coefficient (Wildman–Crippen LogP) is 9.18. The molecule has 0 amide bonds. The maximum absolute atomic E-state index is 7.12. The van der Waals surface area contributed by atoms with Gasteiger partial charge in [0.25, 0.3) is 9.04 Å². The van der Waals surface area contributed by atoms with Crippen molar-refractivity contribution in [3.05, 3.63) is 120 Å². The van der Waals surface area contributed by atoms with Crippen molar-refractivity contribution >= 4 is 37.3 Å². The van der Waals surface area contributed by atoms with Gasteiger partial charge in [0, 0.05) is 30.4 Å². The second-order valence-corrected chi connectivity index (χ2v) is 14.6. The molecule has 1 radical (unpaired) electrons. The Morgan fingerprint density at radius 1 is 0.727 bits per heavy atom. The molecule has 0 saturated carbocycles. The number of anilines is 1. The largest absolute Gasteiger partial charge is 0.496 e. The van der Waals surface area contributed by atoms with Crippen LogP contribution in [0.15, 0.2) is 103 Å². The van der Waals surface area contributed by atoms with Gasteiger partial charge in [-0.2, -0.15) is 0 Å². The van der Waals surface area contributed by atoms with E-state index in [1.807, 2.05) is 0 Å². The number of hydrogen-bond donors (Lipinski definition) is 0. The van der Waals surface area contributed by atoms with Crippen LogP contribution in [0.2, 0.25) is 0 Å². The number of rotatable bonds is 15. The van der Waals surface area contributed by atoms with E-state index in [0.717, 1.165) is 30.0 Å². The van der Waals surface area contributed by atoms with E-state index in [0.29, 0.717) is 0 Å². The van der Waals surface area contributed by atoms with Crippen molar-refractivity contribution < 1.29 is 9.16 Å². The molecule has 3 nitrogen and oxygen atoms in total. The van der Waals surface area contributed by atoms with E-state index in [1.165, 1.54) is 47.3 Å². The summed E-state index contributed by atoms with van der Waals surface area (Å²) in [5, 5.41) is 2.52. The first kappa shape index (κ1) is 33.3. The Bertz CT molecular complexity index is 1380. The fourth-order valence-corrected chi connectivity index (χ4v) is 7.74. The molecule has 0 bridgehead atoms. The fraction of sp³-hybridized carbons (Fsp3) is 0.350. The van der Waals surface area contributed by atoms with Crippen LogP contribution in [-0.4, -0.2) is 29.2 Å². The van der Waals surface area contributed by atoms with Gasteiger partial charge < -0.3 is 14.1 Å². The number of benzene rings is 4. The van der Waals surface area contributed by atoms with E-state index in [2.05, 4.69) is 155 Å². The van der Waals surface area contributed by atoms with Gasteiger partial charge in [0.15, 0.2) is 0 Å². The molecule has 0 aromatic heterocycles. The summed E-state index contributed by atoms with van der Waals surface area (Å²) in [6, 6.07) is 36.8. The summed E-state index contributed by atoms with van der Waals surface area (Å²) in [7, 11) is 0.322. The molecule has 4 aromatic carbocycles. The van der Waals surface area contributed by atoms with E-state index in [1.54, 1.807) is 7.11 Å². The zero-order chi connectivity index (χ0) is 31.4. The average Bonchev–Trinajstić information content (AvgIpc) is 3.05. The molecule has 0 heterocycles. The third-order valence-electron chi connectivity index (χ3n) is 7.93. The summed E-state index contributed by atoms with van der Waals surface area (Å²) in [6.45, 7) is 13.5. The maximum Gasteiger partial charge on any atom is 0.283 e. The van der Waals surface area contributed by atoms with Crippen molar-refractivity contribution in [1.82, 2.24) is 0 Å².